The third kappa shape index (κ3) is 4.42. The number of carbonyl (C=O) groups excluding carboxylic acids is 1. The number of hydrogen-bond donors (Lipinski definition) is 2. The SMILES string of the molecule is CN1c2c(C(=O)Nc3ccc(NS(C)(=O)=O)cc3)nn(-c3ccc(F)cc3)c2-c2ccccc2S1(=O)=O. The maximum atomic E-state index is 13.6. The normalized spacial score (nSPS) is 14.0. The van der Waals surface area contributed by atoms with Crippen LogP contribution in [0.25, 0.3) is 16.9 Å². The fraction of sp³-hybridized carbons (Fsp3) is 0.0833. The third-order valence-corrected chi connectivity index (χ3v) is 8.11. The molecule has 0 aliphatic carbocycles. The fourth-order valence-electron chi connectivity index (χ4n) is 4.05. The molecule has 4 aromatic rings. The minimum atomic E-state index is -3.99. The van der Waals surface area contributed by atoms with Crippen LogP contribution in [-0.2, 0) is 20.0 Å². The molecule has 0 spiro atoms. The second-order valence-corrected chi connectivity index (χ2v) is 12.0. The number of nitrogens with one attached hydrogen (secondary N) is 2. The number of benzene rings is 3. The van der Waals surface area contributed by atoms with E-state index in [0.29, 0.717) is 28.3 Å². The number of aromatic nitrogens is 2. The first kappa shape index (κ1) is 24.5. The van der Waals surface area contributed by atoms with Gasteiger partial charge >= 0.3 is 0 Å². The minimum absolute atomic E-state index is 0.0502. The van der Waals surface area contributed by atoms with Crippen molar-refractivity contribution in [2.45, 2.75) is 4.90 Å². The molecule has 1 aromatic heterocycles. The Bertz CT molecular complexity index is 1750. The summed E-state index contributed by atoms with van der Waals surface area (Å²) >= 11 is 0. The summed E-state index contributed by atoms with van der Waals surface area (Å²) < 4.78 is 67.8. The number of sulfonamides is 2. The lowest BCUT2D eigenvalue weighted by Gasteiger charge is -2.27. The second-order valence-electron chi connectivity index (χ2n) is 8.31. The number of rotatable bonds is 5. The molecule has 10 nitrogen and oxygen atoms in total. The van der Waals surface area contributed by atoms with Crippen LogP contribution in [0.5, 0.6) is 0 Å². The monoisotopic (exact) mass is 541 g/mol. The van der Waals surface area contributed by atoms with E-state index in [4.69, 9.17) is 0 Å². The van der Waals surface area contributed by atoms with E-state index in [1.54, 1.807) is 18.2 Å². The predicted molar refractivity (Wildman–Crippen MR) is 137 cm³/mol. The van der Waals surface area contributed by atoms with Gasteiger partial charge in [-0.2, -0.15) is 5.10 Å². The molecule has 0 atom stereocenters. The summed E-state index contributed by atoms with van der Waals surface area (Å²) in [4.78, 5) is 13.4. The topological polar surface area (TPSA) is 130 Å². The molecule has 0 saturated heterocycles. The number of fused-ring (bicyclic) bond motifs is 3. The van der Waals surface area contributed by atoms with E-state index >= 15 is 0 Å². The van der Waals surface area contributed by atoms with Crippen LogP contribution < -0.4 is 14.3 Å². The molecule has 0 saturated carbocycles. The zero-order chi connectivity index (χ0) is 26.5. The maximum absolute atomic E-state index is 13.6. The van der Waals surface area contributed by atoms with Crippen LogP contribution >= 0.6 is 0 Å². The Labute approximate surface area is 212 Å². The molecule has 37 heavy (non-hydrogen) atoms. The first-order valence-corrected chi connectivity index (χ1v) is 14.2. The first-order valence-electron chi connectivity index (χ1n) is 10.8. The summed E-state index contributed by atoms with van der Waals surface area (Å²) in [6, 6.07) is 17.7. The molecular weight excluding hydrogens is 521 g/mol. The Morgan fingerprint density at radius 3 is 2.22 bits per heavy atom. The summed E-state index contributed by atoms with van der Waals surface area (Å²) in [5, 5.41) is 7.12. The van der Waals surface area contributed by atoms with E-state index in [1.165, 1.54) is 66.3 Å². The average Bonchev–Trinajstić information content (AvgIpc) is 3.24. The number of anilines is 3. The van der Waals surface area contributed by atoms with Gasteiger partial charge in [0.05, 0.1) is 16.8 Å². The zero-order valence-electron chi connectivity index (χ0n) is 19.5. The van der Waals surface area contributed by atoms with Gasteiger partial charge in [0.15, 0.2) is 5.69 Å². The Morgan fingerprint density at radius 1 is 0.946 bits per heavy atom. The molecule has 1 aliphatic rings. The molecule has 0 bridgehead atoms. The third-order valence-electron chi connectivity index (χ3n) is 5.69. The second kappa shape index (κ2) is 8.71. The van der Waals surface area contributed by atoms with Gasteiger partial charge in [-0.05, 0) is 54.6 Å². The molecular formula is C24H20FN5O5S2. The van der Waals surface area contributed by atoms with Crippen molar-refractivity contribution in [3.8, 4) is 16.9 Å². The highest BCUT2D eigenvalue weighted by molar-refractivity contribution is 7.93. The lowest BCUT2D eigenvalue weighted by Crippen LogP contribution is -2.32. The summed E-state index contributed by atoms with van der Waals surface area (Å²) in [7, 11) is -6.12. The van der Waals surface area contributed by atoms with E-state index in [-0.39, 0.29) is 16.3 Å². The first-order chi connectivity index (χ1) is 17.5. The Morgan fingerprint density at radius 2 is 1.57 bits per heavy atom. The van der Waals surface area contributed by atoms with Crippen molar-refractivity contribution in [2.24, 2.45) is 0 Å². The summed E-state index contributed by atoms with van der Waals surface area (Å²) in [6.07, 6.45) is 1.02. The van der Waals surface area contributed by atoms with Gasteiger partial charge in [-0.3, -0.25) is 13.8 Å². The van der Waals surface area contributed by atoms with Crippen LogP contribution in [0, 0.1) is 5.82 Å². The molecule has 2 N–H and O–H groups in total. The van der Waals surface area contributed by atoms with Crippen LogP contribution in [-0.4, -0.2) is 45.8 Å². The van der Waals surface area contributed by atoms with Crippen LogP contribution in [0.4, 0.5) is 21.5 Å². The van der Waals surface area contributed by atoms with Crippen molar-refractivity contribution in [2.75, 3.05) is 27.6 Å². The molecule has 2 heterocycles. The summed E-state index contributed by atoms with van der Waals surface area (Å²) in [5.74, 6) is -1.15. The van der Waals surface area contributed by atoms with Gasteiger partial charge in [-0.25, -0.2) is 25.9 Å². The van der Waals surface area contributed by atoms with Gasteiger partial charge in [0.1, 0.15) is 17.2 Å². The van der Waals surface area contributed by atoms with Gasteiger partial charge < -0.3 is 5.32 Å². The van der Waals surface area contributed by atoms with E-state index < -0.39 is 31.8 Å². The number of halogens is 1. The quantitative estimate of drug-likeness (QED) is 0.398. The highest BCUT2D eigenvalue weighted by atomic mass is 32.2. The van der Waals surface area contributed by atoms with Gasteiger partial charge in [0.25, 0.3) is 15.9 Å². The maximum Gasteiger partial charge on any atom is 0.278 e. The smallest absolute Gasteiger partial charge is 0.278 e. The highest BCUT2D eigenvalue weighted by Gasteiger charge is 2.39. The van der Waals surface area contributed by atoms with E-state index in [1.807, 2.05) is 0 Å². The average molecular weight is 542 g/mol. The molecule has 3 aromatic carbocycles. The van der Waals surface area contributed by atoms with E-state index in [0.717, 1.165) is 10.6 Å². The van der Waals surface area contributed by atoms with Crippen molar-refractivity contribution in [3.05, 3.63) is 84.3 Å². The molecule has 0 unspecified atom stereocenters. The number of amides is 1. The number of carbonyl (C=O) groups is 1. The van der Waals surface area contributed by atoms with Gasteiger partial charge in [-0.1, -0.05) is 18.2 Å². The molecule has 190 valence electrons. The molecule has 1 amide bonds. The molecule has 0 radical (unpaired) electrons. The van der Waals surface area contributed by atoms with Crippen molar-refractivity contribution >= 4 is 43.0 Å². The van der Waals surface area contributed by atoms with Crippen LogP contribution in [0.2, 0.25) is 0 Å². The van der Waals surface area contributed by atoms with Crippen molar-refractivity contribution in [3.63, 3.8) is 0 Å². The van der Waals surface area contributed by atoms with Crippen LogP contribution in [0.15, 0.2) is 77.7 Å². The van der Waals surface area contributed by atoms with Crippen molar-refractivity contribution < 1.29 is 26.0 Å². The zero-order valence-corrected chi connectivity index (χ0v) is 21.1. The Balaban J connectivity index is 1.63. The molecule has 13 heteroatoms. The predicted octanol–water partition coefficient (Wildman–Crippen LogP) is 3.44. The molecule has 0 fully saturated rings. The molecule has 5 rings (SSSR count). The van der Waals surface area contributed by atoms with Crippen molar-refractivity contribution in [1.29, 1.82) is 0 Å². The van der Waals surface area contributed by atoms with Gasteiger partial charge in [0, 0.05) is 24.0 Å². The van der Waals surface area contributed by atoms with E-state index in [2.05, 4.69) is 15.1 Å². The molecule has 1 aliphatic heterocycles. The number of nitrogens with zero attached hydrogens (tertiary/aromatic N) is 3. The Kier molecular flexibility index (Phi) is 5.76. The van der Waals surface area contributed by atoms with Gasteiger partial charge in [0.2, 0.25) is 10.0 Å². The standard InChI is InChI=1S/C24H20FN5O5S2/c1-29-23-21(24(31)26-16-9-11-17(12-10-16)28-36(2,32)33)27-30(18-13-7-15(25)8-14-18)22(23)19-5-3-4-6-20(19)37(29,34)35/h3-14,28H,1-2H3,(H,26,31). The lowest BCUT2D eigenvalue weighted by atomic mass is 10.1. The van der Waals surface area contributed by atoms with Crippen LogP contribution in [0.1, 0.15) is 10.5 Å². The fourth-order valence-corrected chi connectivity index (χ4v) is 6.02. The van der Waals surface area contributed by atoms with Crippen LogP contribution in [0.3, 0.4) is 0 Å². The van der Waals surface area contributed by atoms with E-state index in [9.17, 15) is 26.0 Å². The number of hydrogen-bond acceptors (Lipinski definition) is 6. The van der Waals surface area contributed by atoms with Crippen molar-refractivity contribution in [1.82, 2.24) is 9.78 Å². The minimum Gasteiger partial charge on any atom is -0.321 e. The lowest BCUT2D eigenvalue weighted by molar-refractivity contribution is 0.102. The summed E-state index contributed by atoms with van der Waals surface area (Å²) in [6.45, 7) is 0. The summed E-state index contributed by atoms with van der Waals surface area (Å²) in [5.41, 5.74) is 1.67. The Hall–Kier alpha value is -4.23. The largest absolute Gasteiger partial charge is 0.321 e. The van der Waals surface area contributed by atoms with Gasteiger partial charge in [-0.15, -0.1) is 0 Å². The highest BCUT2D eigenvalue weighted by Crippen LogP contribution is 2.45.